The summed E-state index contributed by atoms with van der Waals surface area (Å²) in [6.07, 6.45) is 0. The van der Waals surface area contributed by atoms with Gasteiger partial charge in [-0.3, -0.25) is 4.79 Å². The number of nitrogens with two attached hydrogens (primary N) is 1. The van der Waals surface area contributed by atoms with Crippen molar-refractivity contribution < 1.29 is 4.79 Å². The number of hydrogen-bond donors (Lipinski definition) is 1. The van der Waals surface area contributed by atoms with E-state index < -0.39 is 0 Å². The number of carbonyl (C=O) groups is 1. The molecule has 2 aromatic carbocycles. The van der Waals surface area contributed by atoms with E-state index in [0.717, 1.165) is 4.47 Å². The quantitative estimate of drug-likeness (QED) is 0.834. The van der Waals surface area contributed by atoms with E-state index in [1.165, 1.54) is 0 Å². The van der Waals surface area contributed by atoms with E-state index in [9.17, 15) is 4.79 Å². The fourth-order valence-corrected chi connectivity index (χ4v) is 2.85. The van der Waals surface area contributed by atoms with Crippen LogP contribution >= 0.6 is 27.5 Å². The summed E-state index contributed by atoms with van der Waals surface area (Å²) in [6, 6.07) is 12.4. The summed E-state index contributed by atoms with van der Waals surface area (Å²) in [5, 5.41) is 0.514. The lowest BCUT2D eigenvalue weighted by Gasteiger charge is -2.22. The molecule has 0 aliphatic rings. The van der Waals surface area contributed by atoms with Crippen LogP contribution in [0.25, 0.3) is 0 Å². The lowest BCUT2D eigenvalue weighted by molar-refractivity contribution is 0.0988. The fourth-order valence-electron chi connectivity index (χ4n) is 1.99. The van der Waals surface area contributed by atoms with Gasteiger partial charge in [0, 0.05) is 21.6 Å². The molecular weight excluding hydrogens is 340 g/mol. The Balaban J connectivity index is 2.42. The van der Waals surface area contributed by atoms with Gasteiger partial charge in [0.2, 0.25) is 0 Å². The molecule has 2 rings (SSSR count). The van der Waals surface area contributed by atoms with E-state index in [1.807, 2.05) is 25.1 Å². The summed E-state index contributed by atoms with van der Waals surface area (Å²) in [7, 11) is 0. The Bertz CT molecular complexity index is 625. The zero-order chi connectivity index (χ0) is 14.7. The Labute approximate surface area is 131 Å². The third-order valence-electron chi connectivity index (χ3n) is 2.90. The van der Waals surface area contributed by atoms with Gasteiger partial charge in [0.15, 0.2) is 0 Å². The van der Waals surface area contributed by atoms with Crippen LogP contribution in [0.2, 0.25) is 5.02 Å². The third kappa shape index (κ3) is 3.14. The first kappa shape index (κ1) is 14.9. The van der Waals surface area contributed by atoms with Gasteiger partial charge in [0.25, 0.3) is 5.91 Å². The van der Waals surface area contributed by atoms with Crippen LogP contribution in [0.5, 0.6) is 0 Å². The summed E-state index contributed by atoms with van der Waals surface area (Å²) in [6.45, 7) is 2.43. The standard InChI is InChI=1S/C15H14BrClN2O/c1-2-19(14-6-4-3-5-13(14)18)15(20)10-7-11(16)9-12(17)8-10/h3-9H,2,18H2,1H3. The van der Waals surface area contributed by atoms with Crippen LogP contribution in [-0.2, 0) is 0 Å². The summed E-state index contributed by atoms with van der Waals surface area (Å²) in [4.78, 5) is 14.3. The maximum Gasteiger partial charge on any atom is 0.258 e. The Morgan fingerprint density at radius 3 is 2.60 bits per heavy atom. The van der Waals surface area contributed by atoms with Crippen LogP contribution < -0.4 is 10.6 Å². The summed E-state index contributed by atoms with van der Waals surface area (Å²) in [5.41, 5.74) is 7.74. The number of halogens is 2. The highest BCUT2D eigenvalue weighted by Gasteiger charge is 2.18. The van der Waals surface area contributed by atoms with Gasteiger partial charge in [-0.2, -0.15) is 0 Å². The number of anilines is 2. The first-order chi connectivity index (χ1) is 9.52. The molecule has 5 heteroatoms. The van der Waals surface area contributed by atoms with Crippen molar-refractivity contribution in [3.63, 3.8) is 0 Å². The Morgan fingerprint density at radius 2 is 2.00 bits per heavy atom. The number of rotatable bonds is 3. The predicted molar refractivity (Wildman–Crippen MR) is 87.4 cm³/mol. The fraction of sp³-hybridized carbons (Fsp3) is 0.133. The SMILES string of the molecule is CCN(C(=O)c1cc(Cl)cc(Br)c1)c1ccccc1N. The molecule has 0 atom stereocenters. The largest absolute Gasteiger partial charge is 0.397 e. The van der Waals surface area contributed by atoms with E-state index in [-0.39, 0.29) is 5.91 Å². The van der Waals surface area contributed by atoms with Crippen molar-refractivity contribution >= 4 is 44.8 Å². The number of nitrogen functional groups attached to an aromatic ring is 1. The van der Waals surface area contributed by atoms with Crippen molar-refractivity contribution in [1.82, 2.24) is 0 Å². The lowest BCUT2D eigenvalue weighted by Crippen LogP contribution is -2.31. The van der Waals surface area contributed by atoms with Gasteiger partial charge in [0.05, 0.1) is 11.4 Å². The average molecular weight is 354 g/mol. The van der Waals surface area contributed by atoms with Crippen LogP contribution in [0, 0.1) is 0 Å². The molecule has 20 heavy (non-hydrogen) atoms. The first-order valence-electron chi connectivity index (χ1n) is 6.15. The molecule has 1 amide bonds. The molecule has 0 aliphatic heterocycles. The monoisotopic (exact) mass is 352 g/mol. The number of benzene rings is 2. The number of amides is 1. The molecule has 0 saturated heterocycles. The average Bonchev–Trinajstić information content (AvgIpc) is 2.40. The predicted octanol–water partition coefficient (Wildman–Crippen LogP) is 4.35. The number of para-hydroxylation sites is 2. The van der Waals surface area contributed by atoms with E-state index >= 15 is 0 Å². The molecule has 2 aromatic rings. The smallest absolute Gasteiger partial charge is 0.258 e. The molecule has 0 aromatic heterocycles. The van der Waals surface area contributed by atoms with Crippen LogP contribution in [-0.4, -0.2) is 12.5 Å². The highest BCUT2D eigenvalue weighted by Crippen LogP contribution is 2.26. The van der Waals surface area contributed by atoms with Gasteiger partial charge in [-0.1, -0.05) is 39.7 Å². The van der Waals surface area contributed by atoms with E-state index in [0.29, 0.717) is 28.5 Å². The van der Waals surface area contributed by atoms with Crippen LogP contribution in [0.1, 0.15) is 17.3 Å². The molecule has 104 valence electrons. The topological polar surface area (TPSA) is 46.3 Å². The van der Waals surface area contributed by atoms with Crippen LogP contribution in [0.3, 0.4) is 0 Å². The molecule has 0 saturated carbocycles. The van der Waals surface area contributed by atoms with Gasteiger partial charge >= 0.3 is 0 Å². The van der Waals surface area contributed by atoms with Gasteiger partial charge < -0.3 is 10.6 Å². The third-order valence-corrected chi connectivity index (χ3v) is 3.57. The van der Waals surface area contributed by atoms with Crippen molar-refractivity contribution in [3.05, 3.63) is 57.5 Å². The highest BCUT2D eigenvalue weighted by atomic mass is 79.9. The van der Waals surface area contributed by atoms with Crippen LogP contribution in [0.15, 0.2) is 46.9 Å². The zero-order valence-corrected chi connectivity index (χ0v) is 13.3. The van der Waals surface area contributed by atoms with Crippen molar-refractivity contribution in [1.29, 1.82) is 0 Å². The number of carbonyl (C=O) groups excluding carboxylic acids is 1. The van der Waals surface area contributed by atoms with Crippen molar-refractivity contribution in [2.75, 3.05) is 17.2 Å². The first-order valence-corrected chi connectivity index (χ1v) is 7.32. The van der Waals surface area contributed by atoms with E-state index in [4.69, 9.17) is 17.3 Å². The summed E-state index contributed by atoms with van der Waals surface area (Å²) >= 11 is 9.34. The highest BCUT2D eigenvalue weighted by molar-refractivity contribution is 9.10. The minimum absolute atomic E-state index is 0.131. The Hall–Kier alpha value is -1.52. The van der Waals surface area contributed by atoms with Gasteiger partial charge in [-0.05, 0) is 37.3 Å². The molecule has 2 N–H and O–H groups in total. The molecule has 0 aliphatic carbocycles. The zero-order valence-electron chi connectivity index (χ0n) is 10.9. The van der Waals surface area contributed by atoms with Crippen LogP contribution in [0.4, 0.5) is 11.4 Å². The summed E-state index contributed by atoms with van der Waals surface area (Å²) < 4.78 is 0.769. The Kier molecular flexibility index (Phi) is 4.68. The molecule has 0 spiro atoms. The molecule has 0 heterocycles. The van der Waals surface area contributed by atoms with Crippen molar-refractivity contribution in [3.8, 4) is 0 Å². The molecule has 0 bridgehead atoms. The molecule has 0 unspecified atom stereocenters. The van der Waals surface area contributed by atoms with Crippen molar-refractivity contribution in [2.45, 2.75) is 6.92 Å². The van der Waals surface area contributed by atoms with Gasteiger partial charge in [-0.15, -0.1) is 0 Å². The van der Waals surface area contributed by atoms with Gasteiger partial charge in [0.1, 0.15) is 0 Å². The normalized spacial score (nSPS) is 10.3. The maximum atomic E-state index is 12.6. The number of nitrogens with zero attached hydrogens (tertiary/aromatic N) is 1. The summed E-state index contributed by atoms with van der Waals surface area (Å²) in [5.74, 6) is -0.131. The van der Waals surface area contributed by atoms with Gasteiger partial charge in [-0.25, -0.2) is 0 Å². The Morgan fingerprint density at radius 1 is 1.30 bits per heavy atom. The minimum Gasteiger partial charge on any atom is -0.397 e. The maximum absolute atomic E-state index is 12.6. The minimum atomic E-state index is -0.131. The second-order valence-electron chi connectivity index (χ2n) is 4.27. The second kappa shape index (κ2) is 6.29. The molecular formula is C15H14BrClN2O. The molecule has 3 nitrogen and oxygen atoms in total. The molecule has 0 fully saturated rings. The molecule has 0 radical (unpaired) electrons. The lowest BCUT2D eigenvalue weighted by atomic mass is 10.1. The van der Waals surface area contributed by atoms with Crippen molar-refractivity contribution in [2.24, 2.45) is 0 Å². The number of hydrogen-bond acceptors (Lipinski definition) is 2. The second-order valence-corrected chi connectivity index (χ2v) is 5.62. The van der Waals surface area contributed by atoms with E-state index in [1.54, 1.807) is 29.2 Å². The van der Waals surface area contributed by atoms with E-state index in [2.05, 4.69) is 15.9 Å².